The van der Waals surface area contributed by atoms with Gasteiger partial charge < -0.3 is 10.4 Å². The highest BCUT2D eigenvalue weighted by molar-refractivity contribution is 5.29. The van der Waals surface area contributed by atoms with Crippen LogP contribution in [0.4, 0.5) is 0 Å². The molecule has 0 aliphatic rings. The Morgan fingerprint density at radius 2 is 1.95 bits per heavy atom. The Morgan fingerprint density at radius 1 is 1.26 bits per heavy atom. The Morgan fingerprint density at radius 3 is 2.47 bits per heavy atom. The van der Waals surface area contributed by atoms with Crippen molar-refractivity contribution in [2.24, 2.45) is 5.92 Å². The molecule has 0 amide bonds. The summed E-state index contributed by atoms with van der Waals surface area (Å²) >= 11 is 0. The van der Waals surface area contributed by atoms with Gasteiger partial charge in [-0.15, -0.1) is 0 Å². The van der Waals surface area contributed by atoms with E-state index in [4.69, 9.17) is 5.11 Å². The number of rotatable bonds is 8. The molecule has 0 aliphatic heterocycles. The average molecular weight is 261 g/mol. The van der Waals surface area contributed by atoms with Crippen molar-refractivity contribution in [2.45, 2.75) is 39.7 Å². The van der Waals surface area contributed by atoms with E-state index in [2.05, 4.69) is 56.4 Å². The van der Waals surface area contributed by atoms with Crippen LogP contribution in [0, 0.1) is 5.92 Å². The third-order valence-corrected chi connectivity index (χ3v) is 3.24. The molecule has 0 aromatic heterocycles. The van der Waals surface area contributed by atoms with Crippen LogP contribution in [0.3, 0.4) is 0 Å². The number of aliphatic hydroxyl groups is 1. The lowest BCUT2D eigenvalue weighted by molar-refractivity contribution is 0.301. The minimum absolute atomic E-state index is 0.214. The molecule has 1 unspecified atom stereocenters. The minimum Gasteiger partial charge on any atom is -0.396 e. The Bertz CT molecular complexity index is 370. The fourth-order valence-electron chi connectivity index (χ4n) is 2.28. The van der Waals surface area contributed by atoms with E-state index < -0.39 is 0 Å². The molecule has 0 saturated carbocycles. The molecule has 1 atom stereocenters. The number of nitrogens with one attached hydrogen (secondary N) is 1. The van der Waals surface area contributed by atoms with Crippen molar-refractivity contribution in [3.63, 3.8) is 0 Å². The van der Waals surface area contributed by atoms with Crippen molar-refractivity contribution < 1.29 is 5.11 Å². The van der Waals surface area contributed by atoms with Gasteiger partial charge in [-0.1, -0.05) is 62.8 Å². The molecule has 0 aliphatic carbocycles. The summed E-state index contributed by atoms with van der Waals surface area (Å²) < 4.78 is 0. The zero-order valence-corrected chi connectivity index (χ0v) is 12.4. The quantitative estimate of drug-likeness (QED) is 0.699. The molecule has 2 N–H and O–H groups in total. The van der Waals surface area contributed by atoms with Gasteiger partial charge in [-0.2, -0.15) is 0 Å². The topological polar surface area (TPSA) is 32.3 Å². The van der Waals surface area contributed by atoms with Crippen LogP contribution in [0.15, 0.2) is 42.0 Å². The molecule has 0 fully saturated rings. The molecular weight excluding hydrogens is 234 g/mol. The Labute approximate surface area is 117 Å². The van der Waals surface area contributed by atoms with Gasteiger partial charge in [-0.3, -0.25) is 0 Å². The lowest BCUT2D eigenvalue weighted by Gasteiger charge is -2.25. The first kappa shape index (κ1) is 15.9. The van der Waals surface area contributed by atoms with Gasteiger partial charge >= 0.3 is 0 Å². The molecule has 1 rings (SSSR count). The Hall–Kier alpha value is -1.12. The van der Waals surface area contributed by atoms with Gasteiger partial charge in [0.2, 0.25) is 0 Å². The fraction of sp³-hybridized carbons (Fsp3) is 0.529. The van der Waals surface area contributed by atoms with Crippen molar-refractivity contribution in [1.82, 2.24) is 5.32 Å². The second kappa shape index (κ2) is 8.89. The first-order valence-electron chi connectivity index (χ1n) is 7.29. The standard InChI is InChI=1S/C17H27NO/c1-4-12-18-17(15-9-6-5-7-10-15)16(14(2)3)11-8-13-19/h5-7,9-11,14,17-19H,4,8,12-13H2,1-3H3/b16-11+. The maximum absolute atomic E-state index is 9.06. The summed E-state index contributed by atoms with van der Waals surface area (Å²) in [5, 5.41) is 12.7. The molecular formula is C17H27NO. The average Bonchev–Trinajstić information content (AvgIpc) is 2.43. The minimum atomic E-state index is 0.214. The molecule has 0 spiro atoms. The molecule has 106 valence electrons. The molecule has 0 bridgehead atoms. The van der Waals surface area contributed by atoms with Crippen LogP contribution in [0.2, 0.25) is 0 Å². The number of aliphatic hydroxyl groups excluding tert-OH is 1. The van der Waals surface area contributed by atoms with E-state index in [1.54, 1.807) is 0 Å². The summed E-state index contributed by atoms with van der Waals surface area (Å²) in [6.45, 7) is 7.83. The van der Waals surface area contributed by atoms with E-state index in [1.165, 1.54) is 11.1 Å². The molecule has 1 aromatic rings. The third-order valence-electron chi connectivity index (χ3n) is 3.24. The number of hydrogen-bond donors (Lipinski definition) is 2. The molecule has 0 radical (unpaired) electrons. The first-order chi connectivity index (χ1) is 9.20. The molecule has 2 nitrogen and oxygen atoms in total. The van der Waals surface area contributed by atoms with Crippen molar-refractivity contribution >= 4 is 0 Å². The molecule has 19 heavy (non-hydrogen) atoms. The molecule has 0 heterocycles. The van der Waals surface area contributed by atoms with Crippen LogP contribution in [0.1, 0.15) is 45.2 Å². The highest BCUT2D eigenvalue weighted by atomic mass is 16.2. The second-order valence-corrected chi connectivity index (χ2v) is 5.17. The summed E-state index contributed by atoms with van der Waals surface area (Å²) in [4.78, 5) is 0. The first-order valence-corrected chi connectivity index (χ1v) is 7.29. The second-order valence-electron chi connectivity index (χ2n) is 5.17. The van der Waals surface area contributed by atoms with Gasteiger partial charge in [0.1, 0.15) is 0 Å². The van der Waals surface area contributed by atoms with Gasteiger partial charge in [-0.05, 0) is 30.9 Å². The summed E-state index contributed by atoms with van der Waals surface area (Å²) in [7, 11) is 0. The summed E-state index contributed by atoms with van der Waals surface area (Å²) in [6, 6.07) is 10.8. The summed E-state index contributed by atoms with van der Waals surface area (Å²) in [5.74, 6) is 0.473. The van der Waals surface area contributed by atoms with Crippen LogP contribution in [-0.4, -0.2) is 18.3 Å². The van der Waals surface area contributed by atoms with Gasteiger partial charge in [0.05, 0.1) is 6.04 Å². The number of hydrogen-bond acceptors (Lipinski definition) is 2. The normalized spacial score (nSPS) is 13.8. The predicted octanol–water partition coefficient (Wildman–Crippen LogP) is 3.69. The summed E-state index contributed by atoms with van der Waals surface area (Å²) in [5.41, 5.74) is 2.67. The van der Waals surface area contributed by atoms with Crippen molar-refractivity contribution in [3.05, 3.63) is 47.5 Å². The van der Waals surface area contributed by atoms with E-state index in [1.807, 2.05) is 6.07 Å². The highest BCUT2D eigenvalue weighted by Gasteiger charge is 2.17. The zero-order valence-electron chi connectivity index (χ0n) is 12.4. The van der Waals surface area contributed by atoms with Crippen LogP contribution < -0.4 is 5.32 Å². The van der Waals surface area contributed by atoms with Gasteiger partial charge in [0.25, 0.3) is 0 Å². The smallest absolute Gasteiger partial charge is 0.0538 e. The summed E-state index contributed by atoms with van der Waals surface area (Å²) in [6.07, 6.45) is 4.03. The van der Waals surface area contributed by atoms with E-state index in [-0.39, 0.29) is 12.6 Å². The van der Waals surface area contributed by atoms with Crippen LogP contribution >= 0.6 is 0 Å². The van der Waals surface area contributed by atoms with Crippen LogP contribution in [0.25, 0.3) is 0 Å². The van der Waals surface area contributed by atoms with Crippen molar-refractivity contribution in [3.8, 4) is 0 Å². The van der Waals surface area contributed by atoms with Gasteiger partial charge in [0.15, 0.2) is 0 Å². The molecule has 2 heteroatoms. The van der Waals surface area contributed by atoms with E-state index in [0.29, 0.717) is 5.92 Å². The van der Waals surface area contributed by atoms with E-state index in [9.17, 15) is 0 Å². The van der Waals surface area contributed by atoms with Gasteiger partial charge in [0, 0.05) is 6.61 Å². The maximum Gasteiger partial charge on any atom is 0.0538 e. The third kappa shape index (κ3) is 5.17. The molecule has 0 saturated heterocycles. The highest BCUT2D eigenvalue weighted by Crippen LogP contribution is 2.27. The van der Waals surface area contributed by atoms with Crippen molar-refractivity contribution in [1.29, 1.82) is 0 Å². The largest absolute Gasteiger partial charge is 0.396 e. The lowest BCUT2D eigenvalue weighted by atomic mass is 9.89. The van der Waals surface area contributed by atoms with Gasteiger partial charge in [-0.25, -0.2) is 0 Å². The van der Waals surface area contributed by atoms with Crippen molar-refractivity contribution in [2.75, 3.05) is 13.2 Å². The zero-order chi connectivity index (χ0) is 14.1. The van der Waals surface area contributed by atoms with Crippen LogP contribution in [0.5, 0.6) is 0 Å². The predicted molar refractivity (Wildman–Crippen MR) is 82.1 cm³/mol. The number of benzene rings is 1. The van der Waals surface area contributed by atoms with E-state index in [0.717, 1.165) is 19.4 Å². The fourth-order valence-corrected chi connectivity index (χ4v) is 2.28. The lowest BCUT2D eigenvalue weighted by Crippen LogP contribution is -2.26. The Balaban J connectivity index is 2.99. The van der Waals surface area contributed by atoms with Crippen LogP contribution in [-0.2, 0) is 0 Å². The monoisotopic (exact) mass is 261 g/mol. The Kier molecular flexibility index (Phi) is 7.46. The molecule has 1 aromatic carbocycles. The maximum atomic E-state index is 9.06. The van der Waals surface area contributed by atoms with E-state index >= 15 is 0 Å². The SMILES string of the molecule is CCCNC(/C(=C/CCO)C(C)C)c1ccccc1.